The van der Waals surface area contributed by atoms with Gasteiger partial charge in [-0.15, -0.1) is 0 Å². The van der Waals surface area contributed by atoms with E-state index in [0.29, 0.717) is 5.41 Å². The first kappa shape index (κ1) is 8.34. The van der Waals surface area contributed by atoms with Crippen LogP contribution in [0.3, 0.4) is 0 Å². The van der Waals surface area contributed by atoms with E-state index in [1.165, 1.54) is 24.9 Å². The molecule has 8 heavy (non-hydrogen) atoms. The Hall–Kier alpha value is 0.338. The van der Waals surface area contributed by atoms with E-state index in [9.17, 15) is 0 Å². The predicted molar refractivity (Wildman–Crippen MR) is 33.6 cm³/mol. The number of hydrogen-bond acceptors (Lipinski definition) is 0. The van der Waals surface area contributed by atoms with Crippen molar-refractivity contribution in [2.24, 2.45) is 5.41 Å². The van der Waals surface area contributed by atoms with Crippen LogP contribution in [0.2, 0.25) is 0 Å². The second-order valence-corrected chi connectivity index (χ2v) is 3.71. The Bertz CT molecular complexity index is 122. The molecule has 1 heteroatoms. The van der Waals surface area contributed by atoms with Gasteiger partial charge in [0.2, 0.25) is 0 Å². The molecule has 0 unspecified atom stereocenters. The first-order valence-electron chi connectivity index (χ1n) is 2.70. The third-order valence-electron chi connectivity index (χ3n) is 1.28. The van der Waals surface area contributed by atoms with Gasteiger partial charge >= 0.3 is 62.1 Å². The fraction of sp³-hybridized carbons (Fsp3) is 0.714. The molecule has 0 atom stereocenters. The molecule has 0 aliphatic carbocycles. The standard InChI is InChI=1S/C7H12.W/c1-6(2)7(3,4)5;/h1,3-5H3;. The molecule has 0 radical (unpaired) electrons. The van der Waals surface area contributed by atoms with Gasteiger partial charge in [0, 0.05) is 0 Å². The molecule has 0 fully saturated rings. The van der Waals surface area contributed by atoms with Crippen molar-refractivity contribution in [2.75, 3.05) is 0 Å². The summed E-state index contributed by atoms with van der Waals surface area (Å²) in [6, 6.07) is 0. The summed E-state index contributed by atoms with van der Waals surface area (Å²) in [5, 5.41) is 0. The Labute approximate surface area is 62.4 Å². The van der Waals surface area contributed by atoms with Crippen molar-refractivity contribution in [1.29, 1.82) is 0 Å². The van der Waals surface area contributed by atoms with Gasteiger partial charge in [0.1, 0.15) is 0 Å². The zero-order valence-electron chi connectivity index (χ0n) is 5.91. The van der Waals surface area contributed by atoms with Crippen molar-refractivity contribution in [2.45, 2.75) is 27.7 Å². The number of hydrogen-bond donors (Lipinski definition) is 0. The topological polar surface area (TPSA) is 0 Å². The third-order valence-corrected chi connectivity index (χ3v) is 2.38. The van der Waals surface area contributed by atoms with Crippen LogP contribution in [-0.4, -0.2) is 4.06 Å². The van der Waals surface area contributed by atoms with Crippen LogP contribution in [0.5, 0.6) is 0 Å². The fourth-order valence-electron chi connectivity index (χ4n) is 0.153. The van der Waals surface area contributed by atoms with E-state index >= 15 is 0 Å². The monoisotopic (exact) mass is 280 g/mol. The third kappa shape index (κ3) is 2.60. The van der Waals surface area contributed by atoms with Crippen molar-refractivity contribution in [3.05, 3.63) is 5.57 Å². The van der Waals surface area contributed by atoms with E-state index in [1.54, 1.807) is 0 Å². The van der Waals surface area contributed by atoms with Crippen molar-refractivity contribution in [3.8, 4) is 0 Å². The van der Waals surface area contributed by atoms with Crippen LogP contribution in [0.4, 0.5) is 0 Å². The van der Waals surface area contributed by atoms with Crippen LogP contribution in [0.15, 0.2) is 5.57 Å². The minimum atomic E-state index is 0.335. The first-order chi connectivity index (χ1) is 3.48. The molecule has 0 bridgehead atoms. The van der Waals surface area contributed by atoms with Crippen LogP contribution in [0.1, 0.15) is 27.7 Å². The molecule has 0 aromatic heterocycles. The van der Waals surface area contributed by atoms with E-state index in [4.69, 9.17) is 0 Å². The summed E-state index contributed by atoms with van der Waals surface area (Å²) in [5.41, 5.74) is 1.70. The summed E-state index contributed by atoms with van der Waals surface area (Å²) < 4.78 is 3.20. The average Bonchev–Trinajstić information content (AvgIpc) is 1.62. The van der Waals surface area contributed by atoms with Gasteiger partial charge < -0.3 is 0 Å². The van der Waals surface area contributed by atoms with Crippen LogP contribution in [0, 0.1) is 5.41 Å². The quantitative estimate of drug-likeness (QED) is 0.636. The van der Waals surface area contributed by atoms with Gasteiger partial charge in [-0.05, 0) is 0 Å². The molecule has 0 saturated carbocycles. The normalized spacial score (nSPS) is 10.5. The molecule has 0 saturated heterocycles. The first-order valence-corrected chi connectivity index (χ1v) is 4.17. The van der Waals surface area contributed by atoms with Crippen molar-refractivity contribution >= 4 is 4.06 Å². The Kier molecular flexibility index (Phi) is 2.87. The van der Waals surface area contributed by atoms with Gasteiger partial charge in [-0.1, -0.05) is 0 Å². The Balaban J connectivity index is 4.26. The molecule has 0 aromatic carbocycles. The molecule has 0 aromatic rings. The van der Waals surface area contributed by atoms with Gasteiger partial charge in [-0.3, -0.25) is 0 Å². The Morgan fingerprint density at radius 2 is 1.75 bits per heavy atom. The molecule has 0 nitrogen and oxygen atoms in total. The fourth-order valence-corrected chi connectivity index (χ4v) is 1.25. The van der Waals surface area contributed by atoms with Crippen molar-refractivity contribution < 1.29 is 19.4 Å². The van der Waals surface area contributed by atoms with Crippen LogP contribution in [0.25, 0.3) is 0 Å². The van der Waals surface area contributed by atoms with Crippen LogP contribution < -0.4 is 0 Å². The van der Waals surface area contributed by atoms with E-state index in [1.807, 2.05) is 0 Å². The van der Waals surface area contributed by atoms with Gasteiger partial charge in [-0.25, -0.2) is 0 Å². The van der Waals surface area contributed by atoms with Gasteiger partial charge in [0.05, 0.1) is 0 Å². The molecular formula is C7H12W. The molecule has 0 heterocycles. The van der Waals surface area contributed by atoms with E-state index < -0.39 is 0 Å². The summed E-state index contributed by atoms with van der Waals surface area (Å²) >= 11 is 1.42. The molecule has 0 spiro atoms. The maximum absolute atomic E-state index is 3.20. The minimum absolute atomic E-state index is 0.335. The summed E-state index contributed by atoms with van der Waals surface area (Å²) in [4.78, 5) is 0. The molecule has 0 amide bonds. The van der Waals surface area contributed by atoms with Gasteiger partial charge in [0.15, 0.2) is 0 Å². The summed E-state index contributed by atoms with van der Waals surface area (Å²) in [6.45, 7) is 8.75. The zero-order valence-corrected chi connectivity index (χ0v) is 8.84. The maximum atomic E-state index is 3.20. The second kappa shape index (κ2) is 2.76. The van der Waals surface area contributed by atoms with Crippen molar-refractivity contribution in [1.82, 2.24) is 0 Å². The second-order valence-electron chi connectivity index (χ2n) is 2.98. The number of rotatable bonds is 0. The number of allylic oxidation sites excluding steroid dienone is 1. The van der Waals surface area contributed by atoms with Crippen LogP contribution >= 0.6 is 0 Å². The van der Waals surface area contributed by atoms with E-state index in [2.05, 4.69) is 31.8 Å². The summed E-state index contributed by atoms with van der Waals surface area (Å²) in [6.07, 6.45) is 0. The van der Waals surface area contributed by atoms with Crippen LogP contribution in [-0.2, 0) is 19.4 Å². The summed E-state index contributed by atoms with van der Waals surface area (Å²) in [7, 11) is 0. The van der Waals surface area contributed by atoms with E-state index in [0.717, 1.165) is 0 Å². The predicted octanol–water partition coefficient (Wildman–Crippen LogP) is 1.93. The molecule has 0 aliphatic heterocycles. The zero-order chi connectivity index (χ0) is 6.78. The molecule has 0 aliphatic rings. The SMILES string of the molecule is CC(=[C]=[W])C(C)(C)C. The molecular weight excluding hydrogens is 268 g/mol. The Morgan fingerprint density at radius 3 is 1.75 bits per heavy atom. The van der Waals surface area contributed by atoms with E-state index in [-0.39, 0.29) is 0 Å². The molecule has 0 N–H and O–H groups in total. The molecule has 0 rings (SSSR count). The Morgan fingerprint density at radius 1 is 1.38 bits per heavy atom. The van der Waals surface area contributed by atoms with Gasteiger partial charge in [0.25, 0.3) is 0 Å². The van der Waals surface area contributed by atoms with Crippen molar-refractivity contribution in [3.63, 3.8) is 0 Å². The average molecular weight is 280 g/mol. The molecule has 46 valence electrons. The summed E-state index contributed by atoms with van der Waals surface area (Å²) in [5.74, 6) is 0. The van der Waals surface area contributed by atoms with Gasteiger partial charge in [-0.2, -0.15) is 0 Å².